The van der Waals surface area contributed by atoms with E-state index in [1.165, 1.54) is 11.9 Å². The molecular weight excluding hydrogens is 302 g/mol. The zero-order valence-electron chi connectivity index (χ0n) is 12.3. The van der Waals surface area contributed by atoms with Gasteiger partial charge < -0.3 is 4.90 Å². The van der Waals surface area contributed by atoms with Crippen molar-refractivity contribution in [2.45, 2.75) is 37.6 Å². The molecule has 1 aromatic carbocycles. The summed E-state index contributed by atoms with van der Waals surface area (Å²) >= 11 is 0. The Hall–Kier alpha value is -1.54. The number of amides is 1. The molecule has 5 nitrogen and oxygen atoms in total. The standard InChI is InChI=1S/C13H18F2N2O3S/c1-5-13(2,3)17(4)12(18)10-8(14)6-7-9(11(10)15)21(16,19)20/h6-7H,5H2,1-4H3,(H2,16,19,20). The lowest BCUT2D eigenvalue weighted by Crippen LogP contribution is -2.45. The summed E-state index contributed by atoms with van der Waals surface area (Å²) in [4.78, 5) is 12.5. The summed E-state index contributed by atoms with van der Waals surface area (Å²) in [7, 11) is -2.99. The van der Waals surface area contributed by atoms with E-state index in [1.807, 2.05) is 6.92 Å². The van der Waals surface area contributed by atoms with Crippen LogP contribution in [-0.4, -0.2) is 31.8 Å². The fourth-order valence-corrected chi connectivity index (χ4v) is 2.24. The molecule has 0 aliphatic rings. The SMILES string of the molecule is CCC(C)(C)N(C)C(=O)c1c(F)ccc(S(N)(=O)=O)c1F. The van der Waals surface area contributed by atoms with Crippen molar-refractivity contribution in [2.75, 3.05) is 7.05 Å². The maximum atomic E-state index is 14.2. The molecule has 0 heterocycles. The third-order valence-corrected chi connectivity index (χ3v) is 4.58. The second kappa shape index (κ2) is 5.69. The van der Waals surface area contributed by atoms with Crippen molar-refractivity contribution in [3.8, 4) is 0 Å². The molecule has 21 heavy (non-hydrogen) atoms. The van der Waals surface area contributed by atoms with Crippen LogP contribution in [0.3, 0.4) is 0 Å². The molecule has 1 aromatic rings. The molecule has 0 saturated heterocycles. The summed E-state index contributed by atoms with van der Waals surface area (Å²) in [5.41, 5.74) is -1.57. The van der Waals surface area contributed by atoms with Crippen molar-refractivity contribution in [1.29, 1.82) is 0 Å². The summed E-state index contributed by atoms with van der Waals surface area (Å²) in [6.07, 6.45) is 0.549. The van der Waals surface area contributed by atoms with Crippen molar-refractivity contribution < 1.29 is 22.0 Å². The van der Waals surface area contributed by atoms with Gasteiger partial charge in [0.1, 0.15) is 16.3 Å². The van der Waals surface area contributed by atoms with Crippen molar-refractivity contribution in [1.82, 2.24) is 4.90 Å². The average Bonchev–Trinajstić information content (AvgIpc) is 2.35. The Bertz CT molecular complexity index is 672. The van der Waals surface area contributed by atoms with Gasteiger partial charge in [-0.2, -0.15) is 0 Å². The first kappa shape index (κ1) is 17.5. The largest absolute Gasteiger partial charge is 0.336 e. The fourth-order valence-electron chi connectivity index (χ4n) is 1.63. The van der Waals surface area contributed by atoms with E-state index in [0.717, 1.165) is 0 Å². The van der Waals surface area contributed by atoms with Gasteiger partial charge in [0.05, 0.1) is 0 Å². The normalized spacial score (nSPS) is 12.3. The van der Waals surface area contributed by atoms with Crippen LogP contribution in [0.15, 0.2) is 17.0 Å². The highest BCUT2D eigenvalue weighted by Gasteiger charge is 2.32. The third-order valence-electron chi connectivity index (χ3n) is 3.65. The van der Waals surface area contributed by atoms with E-state index >= 15 is 0 Å². The van der Waals surface area contributed by atoms with E-state index in [4.69, 9.17) is 5.14 Å². The molecule has 0 radical (unpaired) electrons. The second-order valence-electron chi connectivity index (χ2n) is 5.31. The number of halogens is 2. The lowest BCUT2D eigenvalue weighted by molar-refractivity contribution is 0.0609. The molecule has 0 aliphatic carbocycles. The molecule has 1 rings (SSSR count). The van der Waals surface area contributed by atoms with Crippen molar-refractivity contribution in [3.63, 3.8) is 0 Å². The van der Waals surface area contributed by atoms with Gasteiger partial charge in [-0.3, -0.25) is 4.79 Å². The van der Waals surface area contributed by atoms with Crippen LogP contribution in [0.2, 0.25) is 0 Å². The maximum Gasteiger partial charge on any atom is 0.260 e. The number of benzene rings is 1. The summed E-state index contributed by atoms with van der Waals surface area (Å²) in [5, 5.41) is 4.85. The number of nitrogens with zero attached hydrogens (tertiary/aromatic N) is 1. The topological polar surface area (TPSA) is 80.5 Å². The molecule has 0 fully saturated rings. The van der Waals surface area contributed by atoms with Crippen LogP contribution in [-0.2, 0) is 10.0 Å². The van der Waals surface area contributed by atoms with Crippen molar-refractivity contribution in [2.24, 2.45) is 5.14 Å². The average molecular weight is 320 g/mol. The van der Waals surface area contributed by atoms with Crippen LogP contribution in [0.25, 0.3) is 0 Å². The Morgan fingerprint density at radius 3 is 2.29 bits per heavy atom. The number of rotatable bonds is 4. The van der Waals surface area contributed by atoms with Gasteiger partial charge in [0.15, 0.2) is 5.82 Å². The zero-order chi connectivity index (χ0) is 16.6. The molecule has 8 heteroatoms. The fraction of sp³-hybridized carbons (Fsp3) is 0.462. The Morgan fingerprint density at radius 2 is 1.86 bits per heavy atom. The predicted octanol–water partition coefficient (Wildman–Crippen LogP) is 1.87. The molecule has 1 amide bonds. The summed E-state index contributed by atoms with van der Waals surface area (Å²) in [6, 6.07) is 1.41. The van der Waals surface area contributed by atoms with Gasteiger partial charge in [0.25, 0.3) is 5.91 Å². The van der Waals surface area contributed by atoms with Gasteiger partial charge >= 0.3 is 0 Å². The molecular formula is C13H18F2N2O3S. The minimum atomic E-state index is -4.39. The minimum absolute atomic E-state index is 0.549. The van der Waals surface area contributed by atoms with E-state index in [1.54, 1.807) is 13.8 Å². The van der Waals surface area contributed by atoms with Gasteiger partial charge in [0, 0.05) is 12.6 Å². The van der Waals surface area contributed by atoms with Gasteiger partial charge in [-0.25, -0.2) is 22.3 Å². The summed E-state index contributed by atoms with van der Waals surface area (Å²) in [5.74, 6) is -3.55. The van der Waals surface area contributed by atoms with Crippen LogP contribution in [0.1, 0.15) is 37.6 Å². The van der Waals surface area contributed by atoms with E-state index in [-0.39, 0.29) is 0 Å². The van der Waals surface area contributed by atoms with Crippen LogP contribution in [0, 0.1) is 11.6 Å². The number of sulfonamides is 1. The summed E-state index contributed by atoms with van der Waals surface area (Å²) in [6.45, 7) is 5.27. The number of nitrogens with two attached hydrogens (primary N) is 1. The molecule has 118 valence electrons. The number of primary sulfonamides is 1. The predicted molar refractivity (Wildman–Crippen MR) is 74.2 cm³/mol. The summed E-state index contributed by atoms with van der Waals surface area (Å²) < 4.78 is 50.5. The number of carbonyl (C=O) groups excluding carboxylic acids is 1. The monoisotopic (exact) mass is 320 g/mol. The molecule has 0 spiro atoms. The third kappa shape index (κ3) is 3.38. The highest BCUT2D eigenvalue weighted by atomic mass is 32.2. The number of carbonyl (C=O) groups is 1. The maximum absolute atomic E-state index is 14.2. The molecule has 0 unspecified atom stereocenters. The quantitative estimate of drug-likeness (QED) is 0.919. The Balaban J connectivity index is 3.48. The molecule has 0 atom stereocenters. The molecule has 0 saturated carbocycles. The lowest BCUT2D eigenvalue weighted by atomic mass is 9.98. The number of hydrogen-bond acceptors (Lipinski definition) is 3. The highest BCUT2D eigenvalue weighted by Crippen LogP contribution is 2.25. The molecule has 0 bridgehead atoms. The molecule has 0 aromatic heterocycles. The first-order valence-electron chi connectivity index (χ1n) is 6.22. The van der Waals surface area contributed by atoms with Crippen LogP contribution in [0.4, 0.5) is 8.78 Å². The van der Waals surface area contributed by atoms with Gasteiger partial charge in [-0.15, -0.1) is 0 Å². The van der Waals surface area contributed by atoms with Crippen molar-refractivity contribution in [3.05, 3.63) is 29.3 Å². The van der Waals surface area contributed by atoms with Gasteiger partial charge in [0.2, 0.25) is 10.0 Å². The molecule has 0 aliphatic heterocycles. The van der Waals surface area contributed by atoms with Gasteiger partial charge in [-0.1, -0.05) is 6.92 Å². The van der Waals surface area contributed by atoms with E-state index in [2.05, 4.69) is 0 Å². The van der Waals surface area contributed by atoms with Crippen LogP contribution in [0.5, 0.6) is 0 Å². The minimum Gasteiger partial charge on any atom is -0.336 e. The first-order valence-corrected chi connectivity index (χ1v) is 7.77. The van der Waals surface area contributed by atoms with E-state index in [9.17, 15) is 22.0 Å². The Labute approximate surface area is 122 Å². The Kier molecular flexibility index (Phi) is 4.74. The molecule has 2 N–H and O–H groups in total. The smallest absolute Gasteiger partial charge is 0.260 e. The van der Waals surface area contributed by atoms with E-state index in [0.29, 0.717) is 18.6 Å². The first-order chi connectivity index (χ1) is 9.43. The lowest BCUT2D eigenvalue weighted by Gasteiger charge is -2.35. The highest BCUT2D eigenvalue weighted by molar-refractivity contribution is 7.89. The zero-order valence-corrected chi connectivity index (χ0v) is 13.1. The van der Waals surface area contributed by atoms with Crippen LogP contribution >= 0.6 is 0 Å². The van der Waals surface area contributed by atoms with Crippen LogP contribution < -0.4 is 5.14 Å². The second-order valence-corrected chi connectivity index (χ2v) is 6.84. The Morgan fingerprint density at radius 1 is 1.33 bits per heavy atom. The van der Waals surface area contributed by atoms with Crippen molar-refractivity contribution >= 4 is 15.9 Å². The van der Waals surface area contributed by atoms with E-state index < -0.39 is 43.6 Å². The number of hydrogen-bond donors (Lipinski definition) is 1. The van der Waals surface area contributed by atoms with Gasteiger partial charge in [-0.05, 0) is 32.4 Å².